The Morgan fingerprint density at radius 1 is 1.47 bits per heavy atom. The zero-order valence-corrected chi connectivity index (χ0v) is 12.2. The molecule has 1 fully saturated rings. The van der Waals surface area contributed by atoms with Crippen LogP contribution in [0.1, 0.15) is 50.7 Å². The lowest BCUT2D eigenvalue weighted by Gasteiger charge is -2.44. The van der Waals surface area contributed by atoms with E-state index in [0.717, 1.165) is 23.0 Å². The third-order valence-corrected chi connectivity index (χ3v) is 5.29. The zero-order valence-electron chi connectivity index (χ0n) is 11.4. The van der Waals surface area contributed by atoms with E-state index in [-0.39, 0.29) is 5.54 Å². The van der Waals surface area contributed by atoms with Gasteiger partial charge in [-0.05, 0) is 37.5 Å². The molecule has 17 heavy (non-hydrogen) atoms. The second kappa shape index (κ2) is 4.69. The predicted molar refractivity (Wildman–Crippen MR) is 74.1 cm³/mol. The van der Waals surface area contributed by atoms with Crippen LogP contribution in [-0.2, 0) is 5.54 Å². The maximum atomic E-state index is 6.78. The van der Waals surface area contributed by atoms with Crippen molar-refractivity contribution in [3.05, 3.63) is 16.1 Å². The fraction of sp³-hybridized carbons (Fsp3) is 0.786. The summed E-state index contributed by atoms with van der Waals surface area (Å²) in [5.41, 5.74) is 7.69. The molecule has 1 aromatic heterocycles. The molecule has 96 valence electrons. The normalized spacial score (nSPS) is 34.2. The third kappa shape index (κ3) is 2.41. The highest BCUT2D eigenvalue weighted by Gasteiger charge is 2.44. The summed E-state index contributed by atoms with van der Waals surface area (Å²) < 4.78 is 0. The molecule has 3 atom stereocenters. The van der Waals surface area contributed by atoms with Crippen LogP contribution in [0.4, 0.5) is 0 Å². The van der Waals surface area contributed by atoms with E-state index < -0.39 is 0 Å². The fourth-order valence-corrected chi connectivity index (χ4v) is 4.28. The van der Waals surface area contributed by atoms with Crippen molar-refractivity contribution >= 4 is 11.3 Å². The molecular formula is C14H24N2S. The number of hydrogen-bond donors (Lipinski definition) is 1. The first-order valence-electron chi connectivity index (χ1n) is 6.65. The van der Waals surface area contributed by atoms with Crippen molar-refractivity contribution in [3.63, 3.8) is 0 Å². The minimum atomic E-state index is -0.190. The molecule has 1 aliphatic carbocycles. The van der Waals surface area contributed by atoms with Gasteiger partial charge in [0.05, 0.1) is 5.54 Å². The highest BCUT2D eigenvalue weighted by Crippen LogP contribution is 2.46. The predicted octanol–water partition coefficient (Wildman–Crippen LogP) is 3.70. The van der Waals surface area contributed by atoms with E-state index in [1.54, 1.807) is 11.3 Å². The van der Waals surface area contributed by atoms with Gasteiger partial charge in [-0.25, -0.2) is 4.98 Å². The maximum absolute atomic E-state index is 6.78. The van der Waals surface area contributed by atoms with Crippen molar-refractivity contribution < 1.29 is 0 Å². The molecule has 1 aromatic rings. The van der Waals surface area contributed by atoms with Crippen LogP contribution in [0.25, 0.3) is 0 Å². The lowest BCUT2D eigenvalue weighted by Crippen LogP contribution is -2.50. The molecule has 1 saturated carbocycles. The molecule has 3 unspecified atom stereocenters. The number of nitrogens with zero attached hydrogens (tertiary/aromatic N) is 1. The van der Waals surface area contributed by atoms with Crippen LogP contribution < -0.4 is 5.73 Å². The number of aromatic nitrogens is 1. The molecule has 2 nitrogen and oxygen atoms in total. The summed E-state index contributed by atoms with van der Waals surface area (Å²) in [5, 5.41) is 3.28. The Morgan fingerprint density at radius 2 is 2.18 bits per heavy atom. The van der Waals surface area contributed by atoms with Crippen LogP contribution in [0.15, 0.2) is 5.38 Å². The SMILES string of the molecule is Cc1csc(C2(N)CC(C)CCC2C(C)C)n1. The van der Waals surface area contributed by atoms with Crippen LogP contribution in [-0.4, -0.2) is 4.98 Å². The van der Waals surface area contributed by atoms with Gasteiger partial charge >= 0.3 is 0 Å². The van der Waals surface area contributed by atoms with E-state index in [1.165, 1.54) is 12.8 Å². The Kier molecular flexibility index (Phi) is 3.60. The van der Waals surface area contributed by atoms with E-state index in [9.17, 15) is 0 Å². The standard InChI is InChI=1S/C14H24N2S/c1-9(2)12-6-5-10(3)7-14(12,15)13-16-11(4)8-17-13/h8-10,12H,5-7,15H2,1-4H3. The van der Waals surface area contributed by atoms with E-state index in [2.05, 4.69) is 38.1 Å². The molecular weight excluding hydrogens is 228 g/mol. The Bertz CT molecular complexity index is 385. The van der Waals surface area contributed by atoms with Crippen LogP contribution in [0.2, 0.25) is 0 Å². The van der Waals surface area contributed by atoms with Gasteiger partial charge in [-0.15, -0.1) is 11.3 Å². The fourth-order valence-electron chi connectivity index (χ4n) is 3.29. The second-order valence-corrected chi connectivity index (χ2v) is 6.93. The number of nitrogens with two attached hydrogens (primary N) is 1. The Labute approximate surface area is 109 Å². The summed E-state index contributed by atoms with van der Waals surface area (Å²) in [5.74, 6) is 1.93. The molecule has 0 aliphatic heterocycles. The van der Waals surface area contributed by atoms with Gasteiger partial charge in [-0.1, -0.05) is 27.2 Å². The molecule has 0 aromatic carbocycles. The summed E-state index contributed by atoms with van der Waals surface area (Å²) in [6, 6.07) is 0. The molecule has 0 radical (unpaired) electrons. The minimum Gasteiger partial charge on any atom is -0.319 e. The van der Waals surface area contributed by atoms with Gasteiger partial charge in [0.2, 0.25) is 0 Å². The minimum absolute atomic E-state index is 0.190. The highest BCUT2D eigenvalue weighted by molar-refractivity contribution is 7.09. The average molecular weight is 252 g/mol. The Hall–Kier alpha value is -0.410. The second-order valence-electron chi connectivity index (χ2n) is 6.07. The summed E-state index contributed by atoms with van der Waals surface area (Å²) in [6.07, 6.45) is 3.64. The van der Waals surface area contributed by atoms with Crippen molar-refractivity contribution in [2.24, 2.45) is 23.5 Å². The lowest BCUT2D eigenvalue weighted by atomic mass is 9.65. The van der Waals surface area contributed by atoms with E-state index in [4.69, 9.17) is 5.73 Å². The van der Waals surface area contributed by atoms with Crippen LogP contribution >= 0.6 is 11.3 Å². The molecule has 0 spiro atoms. The van der Waals surface area contributed by atoms with E-state index >= 15 is 0 Å². The van der Waals surface area contributed by atoms with Crippen molar-refractivity contribution in [1.82, 2.24) is 4.98 Å². The van der Waals surface area contributed by atoms with Crippen molar-refractivity contribution in [2.75, 3.05) is 0 Å². The van der Waals surface area contributed by atoms with Crippen molar-refractivity contribution in [1.29, 1.82) is 0 Å². The van der Waals surface area contributed by atoms with Crippen molar-refractivity contribution in [2.45, 2.75) is 52.5 Å². The quantitative estimate of drug-likeness (QED) is 0.871. The summed E-state index contributed by atoms with van der Waals surface area (Å²) in [4.78, 5) is 4.67. The van der Waals surface area contributed by atoms with Gasteiger partial charge in [0.1, 0.15) is 5.01 Å². The Balaban J connectivity index is 2.35. The molecule has 2 rings (SSSR count). The maximum Gasteiger partial charge on any atom is 0.113 e. The van der Waals surface area contributed by atoms with Gasteiger partial charge in [-0.3, -0.25) is 0 Å². The van der Waals surface area contributed by atoms with Gasteiger partial charge < -0.3 is 5.73 Å². The monoisotopic (exact) mass is 252 g/mol. The molecule has 0 saturated heterocycles. The van der Waals surface area contributed by atoms with E-state index in [0.29, 0.717) is 11.8 Å². The molecule has 1 heterocycles. The molecule has 3 heteroatoms. The number of thiazole rings is 1. The van der Waals surface area contributed by atoms with Crippen LogP contribution in [0, 0.1) is 24.7 Å². The van der Waals surface area contributed by atoms with Crippen LogP contribution in [0.3, 0.4) is 0 Å². The lowest BCUT2D eigenvalue weighted by molar-refractivity contribution is 0.108. The topological polar surface area (TPSA) is 38.9 Å². The summed E-state index contributed by atoms with van der Waals surface area (Å²) >= 11 is 1.74. The van der Waals surface area contributed by atoms with Gasteiger partial charge in [0.25, 0.3) is 0 Å². The summed E-state index contributed by atoms with van der Waals surface area (Å²) in [7, 11) is 0. The van der Waals surface area contributed by atoms with Gasteiger partial charge in [-0.2, -0.15) is 0 Å². The smallest absolute Gasteiger partial charge is 0.113 e. The number of rotatable bonds is 2. The molecule has 0 amide bonds. The highest BCUT2D eigenvalue weighted by atomic mass is 32.1. The largest absolute Gasteiger partial charge is 0.319 e. The first kappa shape index (κ1) is 13.0. The molecule has 2 N–H and O–H groups in total. The number of aryl methyl sites for hydroxylation is 1. The van der Waals surface area contributed by atoms with Gasteiger partial charge in [0.15, 0.2) is 0 Å². The first-order valence-corrected chi connectivity index (χ1v) is 7.53. The Morgan fingerprint density at radius 3 is 2.71 bits per heavy atom. The zero-order chi connectivity index (χ0) is 12.6. The summed E-state index contributed by atoms with van der Waals surface area (Å²) in [6.45, 7) is 8.96. The van der Waals surface area contributed by atoms with Gasteiger partial charge in [0, 0.05) is 11.1 Å². The first-order chi connectivity index (χ1) is 7.93. The third-order valence-electron chi connectivity index (χ3n) is 4.14. The number of hydrogen-bond acceptors (Lipinski definition) is 3. The molecule has 1 aliphatic rings. The van der Waals surface area contributed by atoms with E-state index in [1.807, 2.05) is 0 Å². The van der Waals surface area contributed by atoms with Crippen LogP contribution in [0.5, 0.6) is 0 Å². The molecule has 0 bridgehead atoms. The average Bonchev–Trinajstić information content (AvgIpc) is 2.64. The van der Waals surface area contributed by atoms with Crippen molar-refractivity contribution in [3.8, 4) is 0 Å².